The molecule has 20 heteroatoms. The fourth-order valence-electron chi connectivity index (χ4n) is 5.34. The van der Waals surface area contributed by atoms with Gasteiger partial charge in [0.1, 0.15) is 36.3 Å². The summed E-state index contributed by atoms with van der Waals surface area (Å²) in [6.07, 6.45) is 1.72. The number of hydrogen-bond donors (Lipinski definition) is 12. The van der Waals surface area contributed by atoms with E-state index in [1.54, 1.807) is 41.5 Å². The van der Waals surface area contributed by atoms with Crippen LogP contribution in [0.4, 0.5) is 0 Å². The van der Waals surface area contributed by atoms with Crippen LogP contribution in [-0.4, -0.2) is 131 Å². The molecule has 0 aliphatic rings. The highest BCUT2D eigenvalue weighted by molar-refractivity contribution is 5.97. The summed E-state index contributed by atoms with van der Waals surface area (Å²) < 4.78 is 0. The van der Waals surface area contributed by atoms with Crippen molar-refractivity contribution in [3.8, 4) is 0 Å². The molecule has 8 atom stereocenters. The molecule has 0 radical (unpaired) electrons. The Hall–Kier alpha value is -4.40. The van der Waals surface area contributed by atoms with E-state index in [1.807, 2.05) is 13.8 Å². The van der Waals surface area contributed by atoms with Gasteiger partial charge >= 0.3 is 5.97 Å². The number of unbranched alkanes of at least 4 members (excludes halogenated alkanes) is 1. The number of amides is 7. The van der Waals surface area contributed by atoms with Crippen molar-refractivity contribution in [2.45, 2.75) is 130 Å². The Bertz CT molecular complexity index is 1310. The van der Waals surface area contributed by atoms with E-state index in [9.17, 15) is 53.7 Å². The van der Waals surface area contributed by atoms with Gasteiger partial charge in [-0.05, 0) is 55.9 Å². The smallest absolute Gasteiger partial charge is 0.326 e. The first-order valence-electron chi connectivity index (χ1n) is 19.1. The van der Waals surface area contributed by atoms with E-state index in [0.29, 0.717) is 32.2 Å². The molecular weight excluding hydrogens is 734 g/mol. The van der Waals surface area contributed by atoms with Crippen molar-refractivity contribution in [3.63, 3.8) is 0 Å². The molecule has 0 rings (SSSR count). The fourth-order valence-corrected chi connectivity index (χ4v) is 5.34. The molecule has 0 aliphatic heterocycles. The van der Waals surface area contributed by atoms with Gasteiger partial charge in [0.05, 0.1) is 25.8 Å². The first-order valence-corrected chi connectivity index (χ1v) is 19.1. The summed E-state index contributed by atoms with van der Waals surface area (Å²) in [6.45, 7) is 11.6. The number of carbonyl (C=O) groups is 8. The highest BCUT2D eigenvalue weighted by Gasteiger charge is 2.35. The van der Waals surface area contributed by atoms with Crippen LogP contribution in [0.25, 0.3) is 0 Å². The molecular formula is C36H67N9O11. The number of aliphatic carboxylic acids is 1. The van der Waals surface area contributed by atoms with Crippen LogP contribution < -0.4 is 48.7 Å². The Morgan fingerprint density at radius 1 is 0.589 bits per heavy atom. The van der Waals surface area contributed by atoms with Gasteiger partial charge in [-0.2, -0.15) is 0 Å². The third-order valence-electron chi connectivity index (χ3n) is 8.99. The van der Waals surface area contributed by atoms with Crippen molar-refractivity contribution in [1.29, 1.82) is 0 Å². The summed E-state index contributed by atoms with van der Waals surface area (Å²) in [7, 11) is 0. The molecule has 20 nitrogen and oxygen atoms in total. The Morgan fingerprint density at radius 2 is 1.07 bits per heavy atom. The largest absolute Gasteiger partial charge is 0.480 e. The number of rotatable bonds is 27. The average molecular weight is 802 g/mol. The highest BCUT2D eigenvalue weighted by Crippen LogP contribution is 2.12. The summed E-state index contributed by atoms with van der Waals surface area (Å²) in [5.74, 6) is -8.21. The van der Waals surface area contributed by atoms with Gasteiger partial charge in [-0.15, -0.1) is 0 Å². The lowest BCUT2D eigenvalue weighted by Crippen LogP contribution is -2.61. The molecule has 0 aromatic carbocycles. The molecule has 14 N–H and O–H groups in total. The lowest BCUT2D eigenvalue weighted by molar-refractivity contribution is -0.144. The Balaban J connectivity index is 5.71. The van der Waals surface area contributed by atoms with Gasteiger partial charge in [0.15, 0.2) is 0 Å². The molecule has 0 saturated heterocycles. The third-order valence-corrected chi connectivity index (χ3v) is 8.99. The minimum atomic E-state index is -1.57. The van der Waals surface area contributed by atoms with Crippen molar-refractivity contribution in [2.24, 2.45) is 35.1 Å². The zero-order valence-corrected chi connectivity index (χ0v) is 34.0. The average Bonchev–Trinajstić information content (AvgIpc) is 3.13. The summed E-state index contributed by atoms with van der Waals surface area (Å²) >= 11 is 0. The van der Waals surface area contributed by atoms with Crippen LogP contribution >= 0.6 is 0 Å². The van der Waals surface area contributed by atoms with Crippen LogP contribution in [-0.2, 0) is 38.4 Å². The van der Waals surface area contributed by atoms with E-state index >= 15 is 0 Å². The molecule has 0 heterocycles. The maximum atomic E-state index is 13.5. The molecule has 0 fully saturated rings. The lowest BCUT2D eigenvalue weighted by Gasteiger charge is -2.30. The molecule has 56 heavy (non-hydrogen) atoms. The van der Waals surface area contributed by atoms with Crippen molar-refractivity contribution in [1.82, 2.24) is 37.2 Å². The van der Waals surface area contributed by atoms with Crippen LogP contribution in [0.1, 0.15) is 87.5 Å². The van der Waals surface area contributed by atoms with Crippen molar-refractivity contribution in [2.75, 3.05) is 26.3 Å². The van der Waals surface area contributed by atoms with Crippen molar-refractivity contribution >= 4 is 47.3 Å². The van der Waals surface area contributed by atoms with Gasteiger partial charge in [0.25, 0.3) is 0 Å². The monoisotopic (exact) mass is 801 g/mol. The molecule has 0 aromatic rings. The number of nitrogens with two attached hydrogens (primary N) is 2. The minimum Gasteiger partial charge on any atom is -0.480 e. The van der Waals surface area contributed by atoms with Crippen LogP contribution in [0.5, 0.6) is 0 Å². The van der Waals surface area contributed by atoms with Gasteiger partial charge in [-0.1, -0.05) is 61.8 Å². The topological polar surface area (TPSA) is 333 Å². The number of hydrogen-bond acceptors (Lipinski definition) is 12. The van der Waals surface area contributed by atoms with E-state index in [-0.39, 0.29) is 12.3 Å². The van der Waals surface area contributed by atoms with Crippen molar-refractivity contribution in [3.05, 3.63) is 0 Å². The minimum absolute atomic E-state index is 0.0906. The van der Waals surface area contributed by atoms with E-state index in [0.717, 1.165) is 0 Å². The maximum absolute atomic E-state index is 13.5. The molecule has 0 aliphatic carbocycles. The molecule has 0 bridgehead atoms. The predicted molar refractivity (Wildman–Crippen MR) is 206 cm³/mol. The Labute approximate surface area is 329 Å². The fraction of sp³-hybridized carbons (Fsp3) is 0.778. The second kappa shape index (κ2) is 26.5. The Kier molecular flexibility index (Phi) is 24.4. The van der Waals surface area contributed by atoms with Crippen molar-refractivity contribution < 1.29 is 53.7 Å². The van der Waals surface area contributed by atoms with Crippen LogP contribution in [0.2, 0.25) is 0 Å². The van der Waals surface area contributed by atoms with Crippen LogP contribution in [0.15, 0.2) is 0 Å². The third kappa shape index (κ3) is 18.5. The number of nitrogens with one attached hydrogen (secondary N) is 7. The SMILES string of the molecule is CC[C@H](C)[C@H](NC(=O)[C@H](CO)NC(=O)CNC(=O)[C@H](CCCCN)NC(=O)[C@H](CO)NC(=O)[C@@H](N)CC(C)C)C(=O)N[C@H](C(=O)N[C@H](C(=O)O)C(C)C)C(C)C. The molecule has 7 amide bonds. The summed E-state index contributed by atoms with van der Waals surface area (Å²) in [5.41, 5.74) is 11.4. The standard InChI is InChI=1S/C36H67N9O11/c1-9-21(8)29(35(54)43-27(19(4)5)34(53)44-28(20(6)7)36(55)56)45-33(52)24(16-46)40-26(48)15-39-31(50)23(12-10-11-13-37)41-32(51)25(17-47)42-30(49)22(38)14-18(2)3/h18-25,27-29,46-47H,9-17,37-38H2,1-8H3,(H,39,50)(H,40,48)(H,41,51)(H,42,49)(H,43,54)(H,44,53)(H,45,52)(H,55,56)/t21-,22-,23-,24-,25-,27-,28-,29-/m0/s1. The molecule has 0 aromatic heterocycles. The number of carbonyl (C=O) groups excluding carboxylic acids is 7. The second-order valence-electron chi connectivity index (χ2n) is 15.0. The second-order valence-corrected chi connectivity index (χ2v) is 15.0. The van der Waals surface area contributed by atoms with Crippen LogP contribution in [0, 0.1) is 23.7 Å². The highest BCUT2D eigenvalue weighted by atomic mass is 16.4. The van der Waals surface area contributed by atoms with Gasteiger partial charge in [0, 0.05) is 0 Å². The quantitative estimate of drug-likeness (QED) is 0.0368. The number of aliphatic hydroxyl groups excluding tert-OH is 2. The van der Waals surface area contributed by atoms with E-state index in [1.165, 1.54) is 0 Å². The lowest BCUT2D eigenvalue weighted by atomic mass is 9.95. The first-order chi connectivity index (χ1) is 26.1. The molecule has 0 spiro atoms. The van der Waals surface area contributed by atoms with Gasteiger partial charge in [0.2, 0.25) is 41.4 Å². The predicted octanol–water partition coefficient (Wildman–Crippen LogP) is -3.06. The van der Waals surface area contributed by atoms with Gasteiger partial charge in [-0.25, -0.2) is 4.79 Å². The van der Waals surface area contributed by atoms with Gasteiger partial charge < -0.3 is 64.0 Å². The summed E-state index contributed by atoms with van der Waals surface area (Å²) in [4.78, 5) is 103. The summed E-state index contributed by atoms with van der Waals surface area (Å²) in [6, 6.07) is -8.72. The zero-order chi connectivity index (χ0) is 43.3. The molecule has 0 saturated carbocycles. The molecule has 0 unspecified atom stereocenters. The van der Waals surface area contributed by atoms with E-state index in [2.05, 4.69) is 37.2 Å². The van der Waals surface area contributed by atoms with Gasteiger partial charge in [-0.3, -0.25) is 33.6 Å². The zero-order valence-electron chi connectivity index (χ0n) is 34.0. The van der Waals surface area contributed by atoms with Crippen LogP contribution in [0.3, 0.4) is 0 Å². The van der Waals surface area contributed by atoms with E-state index in [4.69, 9.17) is 11.5 Å². The summed E-state index contributed by atoms with van der Waals surface area (Å²) in [5, 5.41) is 46.3. The maximum Gasteiger partial charge on any atom is 0.326 e. The number of carboxylic acids is 1. The van der Waals surface area contributed by atoms with E-state index < -0.39 is 127 Å². The number of carboxylic acid groups (broad SMARTS) is 1. The normalized spacial score (nSPS) is 15.6. The molecule has 322 valence electrons. The first kappa shape index (κ1) is 51.6. The number of aliphatic hydroxyl groups is 2. The Morgan fingerprint density at radius 3 is 1.55 bits per heavy atom.